The standard InChI is InChI=1S/C17H14ClN5O3.C16H13ClF3NO3.C4H8N4O/c1-10-3-4-23(9-14-20-21-17(25)22(14)2)16(24)15(10)26-13-6-11(8-19)5-12(18)7-13;1-3-23-5-4-14(16(18,19)20)15(10(2)22)24-13-7-11(9-21)6-12(17)8-13;1-8-3(2-5)6-7-4(8)9/h3-7H,9H2,1-2H3,(H,21,25);4-8H,3H2,1-2H3;2,5H2,1H3,(H,7,9)/b;5-4+,15-14+;. The number of hydrogen-bond acceptors (Lipinski definition) is 12. The number of benzene rings is 2. The number of H-pyrrole nitrogens is 2. The number of nitriles is 2. The van der Waals surface area contributed by atoms with Crippen molar-refractivity contribution in [2.24, 2.45) is 19.8 Å². The highest BCUT2D eigenvalue weighted by molar-refractivity contribution is 6.31. The van der Waals surface area contributed by atoms with Gasteiger partial charge in [-0.15, -0.1) is 0 Å². The summed E-state index contributed by atoms with van der Waals surface area (Å²) in [5.74, 6) is -0.651. The first-order chi connectivity index (χ1) is 27.8. The van der Waals surface area contributed by atoms with Gasteiger partial charge in [0.2, 0.25) is 0 Å². The van der Waals surface area contributed by atoms with Gasteiger partial charge in [-0.25, -0.2) is 19.8 Å². The largest absolute Gasteiger partial charge is 0.501 e. The predicted molar refractivity (Wildman–Crippen MR) is 208 cm³/mol. The molecule has 5 rings (SSSR count). The van der Waals surface area contributed by atoms with Crippen LogP contribution in [0.5, 0.6) is 17.2 Å². The average molecular weight is 860 g/mol. The molecule has 0 radical (unpaired) electrons. The zero-order valence-corrected chi connectivity index (χ0v) is 33.4. The van der Waals surface area contributed by atoms with Crippen LogP contribution in [0.1, 0.15) is 42.2 Å². The maximum absolute atomic E-state index is 13.2. The summed E-state index contributed by atoms with van der Waals surface area (Å²) in [5.41, 5.74) is 3.97. The second-order valence-electron chi connectivity index (χ2n) is 11.8. The summed E-state index contributed by atoms with van der Waals surface area (Å²) < 4.78 is 59.3. The lowest BCUT2D eigenvalue weighted by Gasteiger charge is -2.14. The molecule has 0 saturated carbocycles. The number of rotatable bonds is 11. The Bertz CT molecular complexity index is 2630. The number of aryl methyl sites for hydroxylation is 1. The third-order valence-corrected chi connectivity index (χ3v) is 8.00. The third-order valence-electron chi connectivity index (χ3n) is 7.56. The van der Waals surface area contributed by atoms with Crippen LogP contribution in [0.2, 0.25) is 10.0 Å². The molecule has 0 bridgehead atoms. The molecule has 0 spiro atoms. The number of allylic oxidation sites excluding steroid dienone is 3. The highest BCUT2D eigenvalue weighted by Gasteiger charge is 2.37. The van der Waals surface area contributed by atoms with Gasteiger partial charge in [0.15, 0.2) is 23.1 Å². The van der Waals surface area contributed by atoms with Crippen LogP contribution in [0, 0.1) is 29.6 Å². The van der Waals surface area contributed by atoms with Gasteiger partial charge >= 0.3 is 17.6 Å². The first-order valence-corrected chi connectivity index (χ1v) is 17.6. The number of ketones is 1. The second-order valence-corrected chi connectivity index (χ2v) is 12.7. The summed E-state index contributed by atoms with van der Waals surface area (Å²) >= 11 is 11.7. The van der Waals surface area contributed by atoms with E-state index in [0.717, 1.165) is 13.2 Å². The van der Waals surface area contributed by atoms with Gasteiger partial charge < -0.3 is 24.5 Å². The summed E-state index contributed by atoms with van der Waals surface area (Å²) in [6.45, 7) is 4.82. The fraction of sp³-hybridized carbons (Fsp3) is 0.243. The van der Waals surface area contributed by atoms with E-state index in [1.54, 1.807) is 46.3 Å². The average Bonchev–Trinajstić information content (AvgIpc) is 3.68. The predicted octanol–water partition coefficient (Wildman–Crippen LogP) is 5.06. The van der Waals surface area contributed by atoms with E-state index in [1.807, 2.05) is 6.07 Å². The fourth-order valence-corrected chi connectivity index (χ4v) is 5.01. The summed E-state index contributed by atoms with van der Waals surface area (Å²) in [6, 6.07) is 13.7. The van der Waals surface area contributed by atoms with Crippen LogP contribution in [0.4, 0.5) is 13.2 Å². The van der Waals surface area contributed by atoms with Crippen molar-refractivity contribution in [2.45, 2.75) is 40.0 Å². The molecule has 0 aliphatic rings. The molecule has 3 aromatic heterocycles. The van der Waals surface area contributed by atoms with E-state index < -0.39 is 23.3 Å². The molecule has 4 N–H and O–H groups in total. The van der Waals surface area contributed by atoms with Crippen LogP contribution in [-0.4, -0.2) is 52.7 Å². The number of carbonyl (C=O) groups is 1. The van der Waals surface area contributed by atoms with Crippen molar-refractivity contribution < 1.29 is 32.2 Å². The minimum absolute atomic E-state index is 0.0822. The van der Waals surface area contributed by atoms with Crippen molar-refractivity contribution in [3.8, 4) is 29.4 Å². The number of nitrogens with two attached hydrogens (primary N) is 1. The number of Topliss-reactive ketones (excluding diaryl/α,β-unsaturated/α-hetero) is 1. The number of halogens is 5. The van der Waals surface area contributed by atoms with Crippen molar-refractivity contribution in [2.75, 3.05) is 6.61 Å². The second kappa shape index (κ2) is 21.0. The van der Waals surface area contributed by atoms with Gasteiger partial charge in [0.05, 0.1) is 49.2 Å². The Morgan fingerprint density at radius 2 is 1.47 bits per heavy atom. The molecule has 22 heteroatoms. The van der Waals surface area contributed by atoms with E-state index in [9.17, 15) is 32.3 Å². The molecule has 17 nitrogen and oxygen atoms in total. The number of pyridine rings is 1. The topological polar surface area (TPSA) is 242 Å². The van der Waals surface area contributed by atoms with Gasteiger partial charge in [0, 0.05) is 37.3 Å². The SMILES string of the molecule is CCO/C=C/C(=C(\Oc1cc(Cl)cc(C#N)c1)C(C)=O)C(F)(F)F.Cc1ccn(Cc2n[nH]c(=O)n2C)c(=O)c1Oc1cc(Cl)cc(C#N)c1.Cn1c(CN)n[nH]c1=O. The van der Waals surface area contributed by atoms with Gasteiger partial charge in [-0.2, -0.15) is 33.9 Å². The van der Waals surface area contributed by atoms with Crippen LogP contribution < -0.4 is 32.1 Å². The summed E-state index contributed by atoms with van der Waals surface area (Å²) in [5, 5.41) is 30.4. The van der Waals surface area contributed by atoms with Gasteiger partial charge in [-0.1, -0.05) is 23.2 Å². The summed E-state index contributed by atoms with van der Waals surface area (Å²) in [4.78, 5) is 46.5. The Hall–Kier alpha value is -6.87. The Kier molecular flexibility index (Phi) is 16.6. The van der Waals surface area contributed by atoms with Crippen molar-refractivity contribution in [3.63, 3.8) is 0 Å². The van der Waals surface area contributed by atoms with Crippen LogP contribution in [-0.2, 0) is 36.7 Å². The lowest BCUT2D eigenvalue weighted by atomic mass is 10.1. The van der Waals surface area contributed by atoms with E-state index >= 15 is 0 Å². The van der Waals surface area contributed by atoms with Crippen LogP contribution in [0.25, 0.3) is 0 Å². The number of aromatic amines is 2. The highest BCUT2D eigenvalue weighted by atomic mass is 35.5. The Morgan fingerprint density at radius 3 is 1.93 bits per heavy atom. The van der Waals surface area contributed by atoms with Crippen molar-refractivity contribution in [3.05, 3.63) is 142 Å². The lowest BCUT2D eigenvalue weighted by molar-refractivity contribution is -0.118. The van der Waals surface area contributed by atoms with Gasteiger partial charge in [-0.3, -0.25) is 18.7 Å². The van der Waals surface area contributed by atoms with Crippen molar-refractivity contribution >= 4 is 29.0 Å². The molecule has 0 amide bonds. The quantitative estimate of drug-likeness (QED) is 0.0898. The lowest BCUT2D eigenvalue weighted by Crippen LogP contribution is -2.24. The van der Waals surface area contributed by atoms with Crippen LogP contribution >= 0.6 is 23.2 Å². The molecule has 0 saturated heterocycles. The maximum Gasteiger partial charge on any atom is 0.420 e. The van der Waals surface area contributed by atoms with E-state index in [1.165, 1.54) is 50.1 Å². The van der Waals surface area contributed by atoms with E-state index in [-0.39, 0.29) is 58.7 Å². The summed E-state index contributed by atoms with van der Waals surface area (Å²) in [6.07, 6.45) is -1.81. The molecule has 3 heterocycles. The number of nitrogens with zero attached hydrogens (tertiary/aromatic N) is 7. The molecule has 0 fully saturated rings. The molecular formula is C37H35Cl2F3N10O7. The van der Waals surface area contributed by atoms with Crippen LogP contribution in [0.15, 0.2) is 86.7 Å². The molecule has 5 aromatic rings. The minimum atomic E-state index is -4.84. The smallest absolute Gasteiger partial charge is 0.420 e. The monoisotopic (exact) mass is 858 g/mol. The third kappa shape index (κ3) is 13.1. The minimum Gasteiger partial charge on any atom is -0.501 e. The van der Waals surface area contributed by atoms with Gasteiger partial charge in [0.25, 0.3) is 5.56 Å². The van der Waals surface area contributed by atoms with Crippen molar-refractivity contribution in [1.29, 1.82) is 10.5 Å². The maximum atomic E-state index is 13.2. The fourth-order valence-electron chi connectivity index (χ4n) is 4.56. The Morgan fingerprint density at radius 1 is 0.932 bits per heavy atom. The number of ether oxygens (including phenoxy) is 3. The molecule has 0 aliphatic carbocycles. The summed E-state index contributed by atoms with van der Waals surface area (Å²) in [7, 11) is 3.18. The number of aromatic nitrogens is 7. The van der Waals surface area contributed by atoms with Crippen LogP contribution in [0.3, 0.4) is 0 Å². The number of carbonyl (C=O) groups excluding carboxylic acids is 1. The molecule has 310 valence electrons. The number of hydrogen-bond donors (Lipinski definition) is 3. The van der Waals surface area contributed by atoms with Gasteiger partial charge in [-0.05, 0) is 68.0 Å². The highest BCUT2D eigenvalue weighted by Crippen LogP contribution is 2.32. The zero-order chi connectivity index (χ0) is 44.0. The molecule has 0 aliphatic heterocycles. The van der Waals surface area contributed by atoms with Gasteiger partial charge in [0.1, 0.15) is 22.9 Å². The normalized spacial score (nSPS) is 11.3. The number of alkyl halides is 3. The number of nitrogens with one attached hydrogen (secondary N) is 2. The van der Waals surface area contributed by atoms with Crippen molar-refractivity contribution in [1.82, 2.24) is 34.1 Å². The molecule has 0 unspecified atom stereocenters. The Labute approximate surface area is 342 Å². The van der Waals surface area contributed by atoms with E-state index in [0.29, 0.717) is 39.6 Å². The first kappa shape index (κ1) is 46.5. The molecule has 59 heavy (non-hydrogen) atoms. The molecular weight excluding hydrogens is 824 g/mol. The molecule has 0 atom stereocenters. The van der Waals surface area contributed by atoms with E-state index in [2.05, 4.69) is 20.4 Å². The first-order valence-electron chi connectivity index (χ1n) is 16.8. The Balaban J connectivity index is 0.000000261. The van der Waals surface area contributed by atoms with E-state index in [4.69, 9.17) is 53.7 Å². The molecule has 2 aromatic carbocycles. The zero-order valence-electron chi connectivity index (χ0n) is 31.9.